The maximum Gasteiger partial charge on any atom is 0.237 e. The summed E-state index contributed by atoms with van der Waals surface area (Å²) in [6.07, 6.45) is 13.5. The fraction of sp³-hybridized carbons (Fsp3) is 0.842. The van der Waals surface area contributed by atoms with Gasteiger partial charge in [-0.15, -0.1) is 0 Å². The second kappa shape index (κ2) is 40.5. The van der Waals surface area contributed by atoms with Crippen LogP contribution in [0.25, 0.3) is 0 Å². The summed E-state index contributed by atoms with van der Waals surface area (Å²) in [7, 11) is 11.2. The standard InChI is InChI=1S/C23H45N5O4.C8H18N2O.C7H16N2O/c1-17(29)16-19(27-23(32)21(26-5)11-7-9-15-25-4)12-13-22(31)28-20(18(2)30)10-6-8-14-24-3;1-9-6-4-3-5-8(7-11)10-2;1-9-5-3-2-4-7(8)6-10/h19-21,24-26H,6-16H2,1-5H3,(H,27,32)(H,28,31);7-10H,3-6H2,1-2H3;6-7,9H,2-5,8H2,1H3. The molecule has 53 heavy (non-hydrogen) atoms. The Hall–Kier alpha value is -2.66. The summed E-state index contributed by atoms with van der Waals surface area (Å²) < 4.78 is 0. The van der Waals surface area contributed by atoms with Crippen molar-refractivity contribution in [2.45, 2.75) is 140 Å². The first-order valence-electron chi connectivity index (χ1n) is 19.6. The van der Waals surface area contributed by atoms with E-state index >= 15 is 0 Å². The quantitative estimate of drug-likeness (QED) is 0.0333. The highest BCUT2D eigenvalue weighted by atomic mass is 16.2. The van der Waals surface area contributed by atoms with E-state index in [1.807, 2.05) is 35.2 Å². The molecule has 5 atom stereocenters. The SMILES string of the molecule is CNCCCCC(C=O)NC.CNCCCCC(N)C=O.CNCCCCC(NC(=O)CCC(CC(C)=O)NC(=O)C(CCCCNC)NC)C(C)=O. The van der Waals surface area contributed by atoms with Crippen molar-refractivity contribution >= 4 is 36.0 Å². The molecule has 0 bridgehead atoms. The molecule has 2 amide bonds. The molecule has 0 fully saturated rings. The molecule has 312 valence electrons. The zero-order valence-electron chi connectivity index (χ0n) is 34.5. The molecule has 0 aromatic rings. The Morgan fingerprint density at radius 1 is 0.566 bits per heavy atom. The number of hydrogen-bond acceptors (Lipinski definition) is 13. The van der Waals surface area contributed by atoms with Crippen LogP contribution in [-0.4, -0.2) is 135 Å². The number of carbonyl (C=O) groups is 6. The van der Waals surface area contributed by atoms with Crippen molar-refractivity contribution in [1.82, 2.24) is 42.5 Å². The lowest BCUT2D eigenvalue weighted by Crippen LogP contribution is -2.47. The van der Waals surface area contributed by atoms with Crippen LogP contribution < -0.4 is 48.3 Å². The second-order valence-electron chi connectivity index (χ2n) is 13.5. The van der Waals surface area contributed by atoms with Crippen molar-refractivity contribution < 1.29 is 28.8 Å². The molecule has 15 heteroatoms. The van der Waals surface area contributed by atoms with Gasteiger partial charge in [0.25, 0.3) is 0 Å². The second-order valence-corrected chi connectivity index (χ2v) is 13.5. The van der Waals surface area contributed by atoms with Crippen LogP contribution in [0.3, 0.4) is 0 Å². The maximum atomic E-state index is 12.7. The molecule has 0 saturated heterocycles. The predicted octanol–water partition coefficient (Wildman–Crippen LogP) is 0.737. The molecular weight excluding hydrogens is 678 g/mol. The number of nitrogens with two attached hydrogens (primary N) is 1. The Morgan fingerprint density at radius 2 is 1.04 bits per heavy atom. The van der Waals surface area contributed by atoms with Gasteiger partial charge in [0.1, 0.15) is 18.4 Å². The average molecular weight is 758 g/mol. The number of Topliss-reactive ketones (excluding diaryl/α,β-unsaturated/α-hetero) is 2. The molecule has 0 radical (unpaired) electrons. The molecular formula is C38H79N9O6. The molecule has 0 spiro atoms. The summed E-state index contributed by atoms with van der Waals surface area (Å²) in [4.78, 5) is 69.0. The van der Waals surface area contributed by atoms with Gasteiger partial charge in [-0.3, -0.25) is 19.2 Å². The fourth-order valence-electron chi connectivity index (χ4n) is 5.23. The van der Waals surface area contributed by atoms with E-state index < -0.39 is 12.1 Å². The van der Waals surface area contributed by atoms with Crippen LogP contribution in [0.5, 0.6) is 0 Å². The van der Waals surface area contributed by atoms with Crippen LogP contribution in [-0.2, 0) is 28.8 Å². The fourth-order valence-corrected chi connectivity index (χ4v) is 5.23. The molecule has 0 aromatic carbocycles. The summed E-state index contributed by atoms with van der Waals surface area (Å²) in [5.74, 6) is -0.503. The van der Waals surface area contributed by atoms with Gasteiger partial charge in [0.15, 0.2) is 5.78 Å². The molecule has 0 saturated carbocycles. The van der Waals surface area contributed by atoms with E-state index in [1.165, 1.54) is 13.8 Å². The Labute approximate surface area is 321 Å². The Kier molecular flexibility index (Phi) is 41.8. The number of rotatable bonds is 33. The molecule has 0 rings (SSSR count). The van der Waals surface area contributed by atoms with Crippen molar-refractivity contribution in [1.29, 1.82) is 0 Å². The number of likely N-dealkylation sites (N-methyl/N-ethyl adjacent to an activating group) is 2. The minimum absolute atomic E-state index is 0.0446. The first-order chi connectivity index (χ1) is 25.4. The summed E-state index contributed by atoms with van der Waals surface area (Å²) in [6, 6.07) is -1.45. The average Bonchev–Trinajstić information content (AvgIpc) is 3.13. The minimum Gasteiger partial charge on any atom is -0.352 e. The zero-order chi connectivity index (χ0) is 40.7. The Balaban J connectivity index is -0.000000962. The predicted molar refractivity (Wildman–Crippen MR) is 216 cm³/mol. The number of hydrogen-bond donors (Lipinski definition) is 9. The molecule has 15 nitrogen and oxygen atoms in total. The first-order valence-corrected chi connectivity index (χ1v) is 19.6. The molecule has 0 aliphatic heterocycles. The van der Waals surface area contributed by atoms with Gasteiger partial charge in [0.2, 0.25) is 11.8 Å². The van der Waals surface area contributed by atoms with E-state index in [0.717, 1.165) is 103 Å². The lowest BCUT2D eigenvalue weighted by atomic mass is 10.0. The molecule has 5 unspecified atom stereocenters. The highest BCUT2D eigenvalue weighted by Gasteiger charge is 2.23. The number of nitrogens with one attached hydrogen (secondary N) is 8. The van der Waals surface area contributed by atoms with E-state index in [-0.39, 0.29) is 54.3 Å². The van der Waals surface area contributed by atoms with Crippen LogP contribution in [0.1, 0.15) is 110 Å². The van der Waals surface area contributed by atoms with Crippen molar-refractivity contribution in [3.8, 4) is 0 Å². The van der Waals surface area contributed by atoms with Crippen LogP contribution >= 0.6 is 0 Å². The van der Waals surface area contributed by atoms with E-state index in [4.69, 9.17) is 5.73 Å². The van der Waals surface area contributed by atoms with E-state index in [0.29, 0.717) is 19.3 Å². The zero-order valence-corrected chi connectivity index (χ0v) is 34.5. The number of ketones is 2. The smallest absolute Gasteiger partial charge is 0.237 e. The molecule has 0 aromatic heterocycles. The maximum absolute atomic E-state index is 12.7. The van der Waals surface area contributed by atoms with Gasteiger partial charge in [0.05, 0.1) is 24.2 Å². The monoisotopic (exact) mass is 758 g/mol. The Bertz CT molecular complexity index is 929. The lowest BCUT2D eigenvalue weighted by Gasteiger charge is -2.22. The third-order valence-electron chi connectivity index (χ3n) is 8.55. The largest absolute Gasteiger partial charge is 0.352 e. The van der Waals surface area contributed by atoms with Gasteiger partial charge in [-0.05, 0) is 147 Å². The number of aldehydes is 2. The van der Waals surface area contributed by atoms with Crippen LogP contribution in [0, 0.1) is 0 Å². The van der Waals surface area contributed by atoms with Gasteiger partial charge in [0, 0.05) is 18.9 Å². The van der Waals surface area contributed by atoms with E-state index in [2.05, 4.69) is 42.5 Å². The van der Waals surface area contributed by atoms with Crippen molar-refractivity contribution in [3.63, 3.8) is 0 Å². The summed E-state index contributed by atoms with van der Waals surface area (Å²) in [6.45, 7) is 6.77. The summed E-state index contributed by atoms with van der Waals surface area (Å²) in [5.41, 5.74) is 5.37. The highest BCUT2D eigenvalue weighted by Crippen LogP contribution is 2.08. The van der Waals surface area contributed by atoms with Gasteiger partial charge in [-0.25, -0.2) is 0 Å². The van der Waals surface area contributed by atoms with Crippen LogP contribution in [0.2, 0.25) is 0 Å². The third kappa shape index (κ3) is 37.4. The summed E-state index contributed by atoms with van der Waals surface area (Å²) >= 11 is 0. The van der Waals surface area contributed by atoms with Gasteiger partial charge < -0.3 is 57.9 Å². The summed E-state index contributed by atoms with van der Waals surface area (Å²) in [5, 5.41) is 24.0. The van der Waals surface area contributed by atoms with Gasteiger partial charge in [-0.1, -0.05) is 19.3 Å². The van der Waals surface area contributed by atoms with E-state index in [9.17, 15) is 28.8 Å². The van der Waals surface area contributed by atoms with Crippen molar-refractivity contribution in [3.05, 3.63) is 0 Å². The Morgan fingerprint density at radius 3 is 1.43 bits per heavy atom. The normalized spacial score (nSPS) is 13.5. The van der Waals surface area contributed by atoms with Gasteiger partial charge >= 0.3 is 0 Å². The topological polar surface area (TPSA) is 225 Å². The third-order valence-corrected chi connectivity index (χ3v) is 8.55. The molecule has 0 aliphatic carbocycles. The number of unbranched alkanes of at least 4 members (excludes halogenated alkanes) is 4. The van der Waals surface area contributed by atoms with Gasteiger partial charge in [-0.2, -0.15) is 0 Å². The number of carbonyl (C=O) groups excluding carboxylic acids is 6. The molecule has 0 heterocycles. The van der Waals surface area contributed by atoms with E-state index in [1.54, 1.807) is 7.05 Å². The first kappa shape index (κ1) is 54.7. The van der Waals surface area contributed by atoms with Crippen LogP contribution in [0.15, 0.2) is 0 Å². The van der Waals surface area contributed by atoms with Crippen LogP contribution in [0.4, 0.5) is 0 Å². The van der Waals surface area contributed by atoms with Crippen molar-refractivity contribution in [2.75, 3.05) is 68.5 Å². The lowest BCUT2D eigenvalue weighted by molar-refractivity contribution is -0.127. The highest BCUT2D eigenvalue weighted by molar-refractivity contribution is 5.87. The minimum atomic E-state index is -0.494. The van der Waals surface area contributed by atoms with Crippen molar-refractivity contribution in [2.24, 2.45) is 5.73 Å². The number of amides is 2. The molecule has 10 N–H and O–H groups in total. The molecule has 0 aliphatic rings.